The zero-order chi connectivity index (χ0) is 13.5. The maximum Gasteiger partial charge on any atom is 0.230 e. The molecule has 1 saturated heterocycles. The number of imide groups is 1. The molecule has 2 saturated carbocycles. The Bertz CT molecular complexity index is 381. The van der Waals surface area contributed by atoms with Crippen LogP contribution < -0.4 is 5.32 Å². The van der Waals surface area contributed by atoms with Gasteiger partial charge in [-0.3, -0.25) is 14.9 Å². The van der Waals surface area contributed by atoms with Crippen LogP contribution in [-0.2, 0) is 14.3 Å². The van der Waals surface area contributed by atoms with E-state index in [1.807, 2.05) is 6.92 Å². The van der Waals surface area contributed by atoms with Crippen LogP contribution in [0.3, 0.4) is 0 Å². The predicted molar refractivity (Wildman–Crippen MR) is 70.3 cm³/mol. The standard InChI is InChI=1S/C15H23NO3/c1-2-19-11-7-15(8-11)9-12(17)16-14(18)13(15)10-5-3-4-6-10/h10-11,13H,2-9H2,1H3,(H,16,17,18). The van der Waals surface area contributed by atoms with E-state index in [-0.39, 0.29) is 29.3 Å². The van der Waals surface area contributed by atoms with Gasteiger partial charge in [0.1, 0.15) is 0 Å². The molecular formula is C15H23NO3. The van der Waals surface area contributed by atoms with Crippen LogP contribution >= 0.6 is 0 Å². The third kappa shape index (κ3) is 2.20. The third-order valence-corrected chi connectivity index (χ3v) is 5.26. The van der Waals surface area contributed by atoms with Gasteiger partial charge in [-0.1, -0.05) is 12.8 Å². The smallest absolute Gasteiger partial charge is 0.230 e. The van der Waals surface area contributed by atoms with Crippen molar-refractivity contribution in [1.82, 2.24) is 5.32 Å². The second-order valence-electron chi connectivity index (χ2n) is 6.46. The number of hydrogen-bond donors (Lipinski definition) is 1. The molecule has 2 aliphatic carbocycles. The fourth-order valence-electron chi connectivity index (χ4n) is 4.57. The van der Waals surface area contributed by atoms with Crippen LogP contribution in [0.4, 0.5) is 0 Å². The topological polar surface area (TPSA) is 55.4 Å². The molecule has 106 valence electrons. The van der Waals surface area contributed by atoms with Crippen LogP contribution in [0.1, 0.15) is 51.9 Å². The van der Waals surface area contributed by atoms with E-state index < -0.39 is 0 Å². The van der Waals surface area contributed by atoms with Crippen LogP contribution in [0.2, 0.25) is 0 Å². The zero-order valence-electron chi connectivity index (χ0n) is 11.6. The van der Waals surface area contributed by atoms with Crippen LogP contribution in [0.5, 0.6) is 0 Å². The Morgan fingerprint density at radius 1 is 1.26 bits per heavy atom. The number of piperidine rings is 1. The van der Waals surface area contributed by atoms with Crippen molar-refractivity contribution in [3.8, 4) is 0 Å². The molecule has 0 aromatic heterocycles. The second-order valence-corrected chi connectivity index (χ2v) is 6.46. The van der Waals surface area contributed by atoms with Gasteiger partial charge in [-0.05, 0) is 43.9 Å². The van der Waals surface area contributed by atoms with Gasteiger partial charge in [0, 0.05) is 18.9 Å². The Kier molecular flexibility index (Phi) is 3.37. The minimum Gasteiger partial charge on any atom is -0.378 e. The molecule has 0 aromatic carbocycles. The summed E-state index contributed by atoms with van der Waals surface area (Å²) in [5, 5.41) is 2.56. The van der Waals surface area contributed by atoms with E-state index in [9.17, 15) is 9.59 Å². The predicted octanol–water partition coefficient (Wildman–Crippen LogP) is 2.02. The summed E-state index contributed by atoms with van der Waals surface area (Å²) in [6.45, 7) is 2.72. The Balaban J connectivity index is 1.78. The summed E-state index contributed by atoms with van der Waals surface area (Å²) < 4.78 is 5.64. The summed E-state index contributed by atoms with van der Waals surface area (Å²) in [6.07, 6.45) is 7.31. The van der Waals surface area contributed by atoms with Gasteiger partial charge in [-0.15, -0.1) is 0 Å². The average molecular weight is 265 g/mol. The highest BCUT2D eigenvalue weighted by Crippen LogP contribution is 2.57. The zero-order valence-corrected chi connectivity index (χ0v) is 11.6. The summed E-state index contributed by atoms with van der Waals surface area (Å²) in [4.78, 5) is 24.0. The Morgan fingerprint density at radius 2 is 1.95 bits per heavy atom. The molecule has 2 amide bonds. The van der Waals surface area contributed by atoms with Gasteiger partial charge in [0.05, 0.1) is 6.10 Å². The lowest BCUT2D eigenvalue weighted by atomic mass is 9.53. The largest absolute Gasteiger partial charge is 0.378 e. The molecule has 0 bridgehead atoms. The van der Waals surface area contributed by atoms with Crippen LogP contribution in [-0.4, -0.2) is 24.5 Å². The van der Waals surface area contributed by atoms with Crippen molar-refractivity contribution in [1.29, 1.82) is 0 Å². The number of carbonyl (C=O) groups is 2. The molecule has 1 spiro atoms. The number of rotatable bonds is 3. The fraction of sp³-hybridized carbons (Fsp3) is 0.867. The van der Waals surface area contributed by atoms with Crippen LogP contribution in [0.15, 0.2) is 0 Å². The average Bonchev–Trinajstić information content (AvgIpc) is 2.79. The number of ether oxygens (including phenoxy) is 1. The molecule has 19 heavy (non-hydrogen) atoms. The number of nitrogens with one attached hydrogen (secondary N) is 1. The first-order valence-electron chi connectivity index (χ1n) is 7.60. The Hall–Kier alpha value is -0.900. The summed E-state index contributed by atoms with van der Waals surface area (Å²) in [5.74, 6) is 0.423. The second kappa shape index (κ2) is 4.89. The maximum atomic E-state index is 12.3. The Labute approximate surface area is 114 Å². The minimum absolute atomic E-state index is 0.0156. The van der Waals surface area contributed by atoms with E-state index in [2.05, 4.69) is 5.32 Å². The molecule has 4 heteroatoms. The highest BCUT2D eigenvalue weighted by molar-refractivity contribution is 6.00. The molecule has 1 N–H and O–H groups in total. The number of hydrogen-bond acceptors (Lipinski definition) is 3. The van der Waals surface area contributed by atoms with Gasteiger partial charge in [-0.2, -0.15) is 0 Å². The molecular weight excluding hydrogens is 242 g/mol. The first-order valence-corrected chi connectivity index (χ1v) is 7.60. The van der Waals surface area contributed by atoms with E-state index in [4.69, 9.17) is 4.74 Å². The van der Waals surface area contributed by atoms with Crippen molar-refractivity contribution in [2.24, 2.45) is 17.3 Å². The molecule has 3 aliphatic rings. The Morgan fingerprint density at radius 3 is 2.58 bits per heavy atom. The van der Waals surface area contributed by atoms with Crippen molar-refractivity contribution < 1.29 is 14.3 Å². The number of carbonyl (C=O) groups excluding carboxylic acids is 2. The van der Waals surface area contributed by atoms with Crippen molar-refractivity contribution in [3.63, 3.8) is 0 Å². The van der Waals surface area contributed by atoms with Crippen LogP contribution in [0.25, 0.3) is 0 Å². The first-order chi connectivity index (χ1) is 9.14. The summed E-state index contributed by atoms with van der Waals surface area (Å²) in [7, 11) is 0. The lowest BCUT2D eigenvalue weighted by Crippen LogP contribution is -2.60. The number of amides is 2. The van der Waals surface area contributed by atoms with Crippen molar-refractivity contribution in [2.75, 3.05) is 6.61 Å². The van der Waals surface area contributed by atoms with Gasteiger partial charge in [0.15, 0.2) is 0 Å². The first kappa shape index (κ1) is 13.1. The molecule has 1 atom stereocenters. The molecule has 4 nitrogen and oxygen atoms in total. The fourth-order valence-corrected chi connectivity index (χ4v) is 4.57. The molecule has 1 aliphatic heterocycles. The highest BCUT2D eigenvalue weighted by atomic mass is 16.5. The van der Waals surface area contributed by atoms with E-state index in [0.29, 0.717) is 12.3 Å². The van der Waals surface area contributed by atoms with E-state index in [1.165, 1.54) is 12.8 Å². The normalized spacial score (nSPS) is 39.4. The van der Waals surface area contributed by atoms with E-state index >= 15 is 0 Å². The van der Waals surface area contributed by atoms with Crippen molar-refractivity contribution >= 4 is 11.8 Å². The monoisotopic (exact) mass is 265 g/mol. The van der Waals surface area contributed by atoms with Crippen LogP contribution in [0, 0.1) is 17.3 Å². The molecule has 1 unspecified atom stereocenters. The van der Waals surface area contributed by atoms with E-state index in [1.54, 1.807) is 0 Å². The molecule has 3 rings (SSSR count). The molecule has 1 heterocycles. The van der Waals surface area contributed by atoms with Gasteiger partial charge in [-0.25, -0.2) is 0 Å². The van der Waals surface area contributed by atoms with Gasteiger partial charge >= 0.3 is 0 Å². The summed E-state index contributed by atoms with van der Waals surface area (Å²) in [6, 6.07) is 0. The quantitative estimate of drug-likeness (QED) is 0.794. The van der Waals surface area contributed by atoms with Gasteiger partial charge in [0.2, 0.25) is 11.8 Å². The minimum atomic E-state index is -0.0890. The van der Waals surface area contributed by atoms with Gasteiger partial charge in [0.25, 0.3) is 0 Å². The highest BCUT2D eigenvalue weighted by Gasteiger charge is 2.58. The summed E-state index contributed by atoms with van der Waals surface area (Å²) in [5.41, 5.74) is -0.0890. The third-order valence-electron chi connectivity index (χ3n) is 5.26. The van der Waals surface area contributed by atoms with E-state index in [0.717, 1.165) is 32.3 Å². The molecule has 0 aromatic rings. The maximum absolute atomic E-state index is 12.3. The lowest BCUT2D eigenvalue weighted by molar-refractivity contribution is -0.166. The van der Waals surface area contributed by atoms with Crippen molar-refractivity contribution in [2.45, 2.75) is 58.0 Å². The molecule has 3 fully saturated rings. The SMILES string of the molecule is CCOC1CC2(CC(=O)NC(=O)C2C2CCCC2)C1. The van der Waals surface area contributed by atoms with Gasteiger partial charge < -0.3 is 4.74 Å². The lowest BCUT2D eigenvalue weighted by Gasteiger charge is -2.54. The summed E-state index contributed by atoms with van der Waals surface area (Å²) >= 11 is 0. The molecule has 0 radical (unpaired) electrons. The van der Waals surface area contributed by atoms with Crippen molar-refractivity contribution in [3.05, 3.63) is 0 Å².